The maximum absolute atomic E-state index is 4.29. The van der Waals surface area contributed by atoms with Crippen LogP contribution in [0.5, 0.6) is 0 Å². The second-order valence-corrected chi connectivity index (χ2v) is 6.79. The maximum atomic E-state index is 4.29. The molecule has 0 aromatic carbocycles. The zero-order valence-corrected chi connectivity index (χ0v) is 12.3. The van der Waals surface area contributed by atoms with Crippen LogP contribution in [-0.4, -0.2) is 31.4 Å². The predicted molar refractivity (Wildman–Crippen MR) is 79.0 cm³/mol. The zero-order chi connectivity index (χ0) is 12.8. The van der Waals surface area contributed by atoms with Gasteiger partial charge in [-0.25, -0.2) is 9.97 Å². The van der Waals surface area contributed by atoms with Gasteiger partial charge in [-0.05, 0) is 13.8 Å². The van der Waals surface area contributed by atoms with Crippen LogP contribution >= 0.6 is 21.6 Å². The molecule has 0 aliphatic heterocycles. The van der Waals surface area contributed by atoms with Gasteiger partial charge >= 0.3 is 0 Å². The molecule has 0 aliphatic rings. The monoisotopic (exact) mass is 282 g/mol. The van der Waals surface area contributed by atoms with Gasteiger partial charge in [0.2, 0.25) is 0 Å². The summed E-state index contributed by atoms with van der Waals surface area (Å²) >= 11 is 0. The minimum atomic E-state index is 1.04. The normalized spacial score (nSPS) is 11.0. The van der Waals surface area contributed by atoms with Crippen LogP contribution < -0.4 is 0 Å². The van der Waals surface area contributed by atoms with Gasteiger partial charge in [-0.15, -0.1) is 0 Å². The van der Waals surface area contributed by atoms with Crippen molar-refractivity contribution >= 4 is 21.6 Å². The molecule has 98 valence electrons. The Labute approximate surface area is 115 Å². The Balaban J connectivity index is 1.57. The summed E-state index contributed by atoms with van der Waals surface area (Å²) in [6.07, 6.45) is 5.61. The highest BCUT2D eigenvalue weighted by Crippen LogP contribution is 2.23. The van der Waals surface area contributed by atoms with Crippen LogP contribution in [0.25, 0.3) is 0 Å². The van der Waals surface area contributed by atoms with Crippen LogP contribution in [0.15, 0.2) is 12.7 Å². The largest absolute Gasteiger partial charge is 0.348 e. The molecule has 0 aliphatic carbocycles. The lowest BCUT2D eigenvalue weighted by Crippen LogP contribution is -1.92. The molecule has 18 heavy (non-hydrogen) atoms. The van der Waals surface area contributed by atoms with Crippen molar-refractivity contribution in [3.05, 3.63) is 35.4 Å². The number of aromatic nitrogens is 4. The van der Waals surface area contributed by atoms with Crippen LogP contribution in [0.2, 0.25) is 0 Å². The van der Waals surface area contributed by atoms with E-state index < -0.39 is 0 Å². The molecule has 0 atom stereocenters. The third-order valence-corrected chi connectivity index (χ3v) is 5.20. The fourth-order valence-corrected chi connectivity index (χ4v) is 3.67. The molecule has 0 saturated heterocycles. The van der Waals surface area contributed by atoms with Gasteiger partial charge in [0.15, 0.2) is 0 Å². The van der Waals surface area contributed by atoms with Gasteiger partial charge in [-0.1, -0.05) is 21.6 Å². The summed E-state index contributed by atoms with van der Waals surface area (Å²) in [4.78, 5) is 14.8. The van der Waals surface area contributed by atoms with Crippen LogP contribution in [0.4, 0.5) is 0 Å². The highest BCUT2D eigenvalue weighted by molar-refractivity contribution is 8.76. The van der Waals surface area contributed by atoms with Crippen molar-refractivity contribution in [3.63, 3.8) is 0 Å². The van der Waals surface area contributed by atoms with Gasteiger partial charge in [0, 0.05) is 35.7 Å². The zero-order valence-electron chi connectivity index (χ0n) is 10.7. The molecule has 2 rings (SSSR count). The van der Waals surface area contributed by atoms with Crippen molar-refractivity contribution in [1.29, 1.82) is 0 Å². The number of aryl methyl sites for hydroxylation is 4. The van der Waals surface area contributed by atoms with Crippen LogP contribution in [0.1, 0.15) is 22.8 Å². The molecule has 0 spiro atoms. The average Bonchev–Trinajstić information content (AvgIpc) is 2.94. The first-order valence-corrected chi connectivity index (χ1v) is 8.48. The Bertz CT molecular complexity index is 434. The molecule has 0 saturated carbocycles. The summed E-state index contributed by atoms with van der Waals surface area (Å²) in [6, 6.07) is 0. The van der Waals surface area contributed by atoms with Crippen molar-refractivity contribution in [2.75, 3.05) is 11.5 Å². The van der Waals surface area contributed by atoms with Gasteiger partial charge < -0.3 is 9.97 Å². The Morgan fingerprint density at radius 1 is 0.889 bits per heavy atom. The van der Waals surface area contributed by atoms with E-state index in [0.29, 0.717) is 0 Å². The number of aromatic amines is 2. The number of hydrogen-bond acceptors (Lipinski definition) is 4. The number of nitrogens with one attached hydrogen (secondary N) is 2. The summed E-state index contributed by atoms with van der Waals surface area (Å²) in [7, 11) is 3.83. The molecule has 2 heterocycles. The van der Waals surface area contributed by atoms with Crippen molar-refractivity contribution in [3.8, 4) is 0 Å². The fourth-order valence-electron chi connectivity index (χ4n) is 1.67. The van der Waals surface area contributed by atoms with E-state index in [-0.39, 0.29) is 0 Å². The number of imidazole rings is 2. The number of nitrogens with zero attached hydrogens (tertiary/aromatic N) is 2. The molecular weight excluding hydrogens is 264 g/mol. The highest BCUT2D eigenvalue weighted by Gasteiger charge is 2.02. The lowest BCUT2D eigenvalue weighted by molar-refractivity contribution is 1.05. The molecule has 0 amide bonds. The second kappa shape index (κ2) is 6.89. The van der Waals surface area contributed by atoms with Crippen molar-refractivity contribution in [1.82, 2.24) is 19.9 Å². The van der Waals surface area contributed by atoms with E-state index in [1.807, 2.05) is 21.6 Å². The molecule has 0 unspecified atom stereocenters. The first-order valence-electron chi connectivity index (χ1n) is 5.99. The van der Waals surface area contributed by atoms with E-state index in [2.05, 4.69) is 33.8 Å². The minimum absolute atomic E-state index is 1.04. The average molecular weight is 282 g/mol. The third kappa shape index (κ3) is 3.81. The lowest BCUT2D eigenvalue weighted by atomic mass is 10.3. The van der Waals surface area contributed by atoms with E-state index in [0.717, 1.165) is 24.3 Å². The smallest absolute Gasteiger partial charge is 0.0925 e. The summed E-state index contributed by atoms with van der Waals surface area (Å²) in [5.74, 6) is 2.21. The Morgan fingerprint density at radius 2 is 1.33 bits per heavy atom. The quantitative estimate of drug-likeness (QED) is 0.605. The first-order chi connectivity index (χ1) is 8.77. The predicted octanol–water partition coefficient (Wildman–Crippen LogP) is 2.92. The van der Waals surface area contributed by atoms with E-state index in [1.54, 1.807) is 12.7 Å². The Morgan fingerprint density at radius 3 is 1.67 bits per heavy atom. The van der Waals surface area contributed by atoms with E-state index in [9.17, 15) is 0 Å². The molecule has 2 aromatic rings. The van der Waals surface area contributed by atoms with E-state index in [4.69, 9.17) is 0 Å². The Hall–Kier alpha value is -0.880. The molecular formula is C12H18N4S2. The first kappa shape index (κ1) is 13.5. The van der Waals surface area contributed by atoms with Gasteiger partial charge in [0.05, 0.1) is 24.0 Å². The summed E-state index contributed by atoms with van der Waals surface area (Å²) in [6.45, 7) is 4.14. The number of H-pyrrole nitrogens is 2. The lowest BCUT2D eigenvalue weighted by Gasteiger charge is -2.00. The van der Waals surface area contributed by atoms with Crippen molar-refractivity contribution in [2.45, 2.75) is 26.7 Å². The summed E-state index contributed by atoms with van der Waals surface area (Å²) in [5, 5.41) is 0. The number of rotatable bonds is 7. The van der Waals surface area contributed by atoms with Crippen molar-refractivity contribution < 1.29 is 0 Å². The molecule has 0 bridgehead atoms. The summed E-state index contributed by atoms with van der Waals surface area (Å²) < 4.78 is 0. The van der Waals surface area contributed by atoms with Gasteiger partial charge in [-0.2, -0.15) is 0 Å². The number of hydrogen-bond donors (Lipinski definition) is 2. The second-order valence-electron chi connectivity index (χ2n) is 4.09. The van der Waals surface area contributed by atoms with Crippen LogP contribution in [0, 0.1) is 13.8 Å². The highest BCUT2D eigenvalue weighted by atomic mass is 33.1. The fraction of sp³-hybridized carbons (Fsp3) is 0.500. The Kier molecular flexibility index (Phi) is 5.19. The van der Waals surface area contributed by atoms with E-state index in [1.165, 1.54) is 22.8 Å². The van der Waals surface area contributed by atoms with Crippen molar-refractivity contribution in [2.24, 2.45) is 0 Å². The van der Waals surface area contributed by atoms with Gasteiger partial charge in [-0.3, -0.25) is 0 Å². The van der Waals surface area contributed by atoms with Crippen LogP contribution in [0.3, 0.4) is 0 Å². The minimum Gasteiger partial charge on any atom is -0.348 e. The topological polar surface area (TPSA) is 57.4 Å². The molecule has 2 aromatic heterocycles. The standard InChI is InChI=1S/C12H18N4S2/c1-9-11(15-7-13-9)3-5-17-18-6-4-12-10(2)14-8-16-12/h7-8H,3-6H2,1-2H3,(H,13,15)(H,14,16). The van der Waals surface area contributed by atoms with Gasteiger partial charge in [0.25, 0.3) is 0 Å². The van der Waals surface area contributed by atoms with Crippen LogP contribution in [-0.2, 0) is 12.8 Å². The molecule has 0 radical (unpaired) electrons. The molecule has 6 heteroatoms. The molecule has 0 fully saturated rings. The SMILES string of the molecule is Cc1[nH]cnc1CCSSCCc1nc[nH]c1C. The molecule has 4 nitrogen and oxygen atoms in total. The molecule has 2 N–H and O–H groups in total. The third-order valence-electron chi connectivity index (χ3n) is 2.80. The van der Waals surface area contributed by atoms with E-state index >= 15 is 0 Å². The van der Waals surface area contributed by atoms with Gasteiger partial charge in [0.1, 0.15) is 0 Å². The maximum Gasteiger partial charge on any atom is 0.0925 e. The summed E-state index contributed by atoms with van der Waals surface area (Å²) in [5.41, 5.74) is 4.75.